The molecule has 0 fully saturated rings. The second-order valence-corrected chi connectivity index (χ2v) is 7.46. The van der Waals surface area contributed by atoms with Gasteiger partial charge >= 0.3 is 0 Å². The average molecular weight is 372 g/mol. The fraction of sp³-hybridized carbons (Fsp3) is 0.105. The number of furan rings is 1. The molecule has 0 bridgehead atoms. The van der Waals surface area contributed by atoms with Crippen LogP contribution < -0.4 is 4.83 Å². The van der Waals surface area contributed by atoms with Crippen molar-refractivity contribution >= 4 is 16.2 Å². The lowest BCUT2D eigenvalue weighted by atomic mass is 10.2. The molecule has 0 radical (unpaired) electrons. The number of aryl methyl sites for hydroxylation is 2. The lowest BCUT2D eigenvalue weighted by Gasteiger charge is -2.07. The van der Waals surface area contributed by atoms with Crippen LogP contribution in [0.3, 0.4) is 0 Å². The van der Waals surface area contributed by atoms with Gasteiger partial charge in [0.25, 0.3) is 10.0 Å². The van der Waals surface area contributed by atoms with Crippen molar-refractivity contribution in [2.24, 2.45) is 5.10 Å². The summed E-state index contributed by atoms with van der Waals surface area (Å²) < 4.78 is 43.3. The van der Waals surface area contributed by atoms with Gasteiger partial charge in [0.15, 0.2) is 0 Å². The van der Waals surface area contributed by atoms with Crippen LogP contribution in [0.15, 0.2) is 69.0 Å². The summed E-state index contributed by atoms with van der Waals surface area (Å²) in [5.41, 5.74) is 2.19. The minimum Gasteiger partial charge on any atom is -0.455 e. The SMILES string of the molecule is Cc1ccc(C)c(S(=O)(=O)NN=Cc2ccc(-c3ccc(F)cc3)o2)c1. The first kappa shape index (κ1) is 17.9. The molecule has 0 unspecified atom stereocenters. The van der Waals surface area contributed by atoms with Gasteiger partial charge in [-0.25, -0.2) is 4.39 Å². The number of hydrogen-bond acceptors (Lipinski definition) is 4. The molecular formula is C19H17FN2O3S. The zero-order chi connectivity index (χ0) is 18.7. The summed E-state index contributed by atoms with van der Waals surface area (Å²) in [6.07, 6.45) is 1.27. The zero-order valence-electron chi connectivity index (χ0n) is 14.2. The highest BCUT2D eigenvalue weighted by molar-refractivity contribution is 7.89. The van der Waals surface area contributed by atoms with Gasteiger partial charge in [-0.2, -0.15) is 18.4 Å². The van der Waals surface area contributed by atoms with E-state index in [0.717, 1.165) is 5.56 Å². The second kappa shape index (κ2) is 7.13. The molecule has 3 aromatic rings. The van der Waals surface area contributed by atoms with Gasteiger partial charge < -0.3 is 4.42 Å². The summed E-state index contributed by atoms with van der Waals surface area (Å²) in [6.45, 7) is 3.54. The first-order valence-corrected chi connectivity index (χ1v) is 9.31. The third-order valence-corrected chi connectivity index (χ3v) is 5.12. The Morgan fingerprint density at radius 3 is 2.50 bits per heavy atom. The van der Waals surface area contributed by atoms with Crippen LogP contribution in [0.25, 0.3) is 11.3 Å². The van der Waals surface area contributed by atoms with E-state index in [0.29, 0.717) is 22.6 Å². The quantitative estimate of drug-likeness (QED) is 0.543. The molecule has 0 saturated carbocycles. The Morgan fingerprint density at radius 1 is 1.04 bits per heavy atom. The number of halogens is 1. The minimum absolute atomic E-state index is 0.182. The maximum Gasteiger partial charge on any atom is 0.276 e. The summed E-state index contributed by atoms with van der Waals surface area (Å²) in [4.78, 5) is 2.36. The standard InChI is InChI=1S/C19H17FN2O3S/c1-13-3-4-14(2)19(11-13)26(23,24)22-21-12-17-9-10-18(25-17)15-5-7-16(20)8-6-15/h3-12,22H,1-2H3. The number of sulfonamides is 1. The Morgan fingerprint density at radius 2 is 1.77 bits per heavy atom. The summed E-state index contributed by atoms with van der Waals surface area (Å²) in [7, 11) is -3.76. The van der Waals surface area contributed by atoms with Crippen molar-refractivity contribution in [2.75, 3.05) is 0 Å². The number of hydrazone groups is 1. The second-order valence-electron chi connectivity index (χ2n) is 5.83. The summed E-state index contributed by atoms with van der Waals surface area (Å²) in [6, 6.07) is 14.4. The van der Waals surface area contributed by atoms with Crippen LogP contribution in [-0.2, 0) is 10.0 Å². The van der Waals surface area contributed by atoms with E-state index in [4.69, 9.17) is 4.42 Å². The van der Waals surface area contributed by atoms with E-state index in [1.807, 2.05) is 13.0 Å². The lowest BCUT2D eigenvalue weighted by molar-refractivity contribution is 0.572. The summed E-state index contributed by atoms with van der Waals surface area (Å²) >= 11 is 0. The predicted octanol–water partition coefficient (Wildman–Crippen LogP) is 4.01. The smallest absolute Gasteiger partial charge is 0.276 e. The molecule has 26 heavy (non-hydrogen) atoms. The number of nitrogens with zero attached hydrogens (tertiary/aromatic N) is 1. The van der Waals surface area contributed by atoms with Crippen LogP contribution in [0.5, 0.6) is 0 Å². The lowest BCUT2D eigenvalue weighted by Crippen LogP contribution is -2.19. The van der Waals surface area contributed by atoms with E-state index in [1.165, 1.54) is 18.3 Å². The largest absolute Gasteiger partial charge is 0.455 e. The number of hydrogen-bond donors (Lipinski definition) is 1. The molecule has 7 heteroatoms. The van der Waals surface area contributed by atoms with Gasteiger partial charge in [-0.05, 0) is 67.4 Å². The van der Waals surface area contributed by atoms with Gasteiger partial charge in [0.2, 0.25) is 0 Å². The van der Waals surface area contributed by atoms with E-state index >= 15 is 0 Å². The van der Waals surface area contributed by atoms with E-state index in [-0.39, 0.29) is 10.7 Å². The maximum atomic E-state index is 13.0. The number of benzene rings is 2. The average Bonchev–Trinajstić information content (AvgIpc) is 3.06. The van der Waals surface area contributed by atoms with Gasteiger partial charge in [0.1, 0.15) is 17.3 Å². The Kier molecular flexibility index (Phi) is 4.90. The molecule has 3 rings (SSSR count). The monoisotopic (exact) mass is 372 g/mol. The van der Waals surface area contributed by atoms with Crippen molar-refractivity contribution in [1.82, 2.24) is 4.83 Å². The summed E-state index contributed by atoms with van der Waals surface area (Å²) in [5.74, 6) is 0.569. The summed E-state index contributed by atoms with van der Waals surface area (Å²) in [5, 5.41) is 3.76. The molecule has 0 atom stereocenters. The fourth-order valence-corrected chi connectivity index (χ4v) is 3.52. The van der Waals surface area contributed by atoms with Gasteiger partial charge in [-0.15, -0.1) is 0 Å². The maximum absolute atomic E-state index is 13.0. The highest BCUT2D eigenvalue weighted by Crippen LogP contribution is 2.22. The van der Waals surface area contributed by atoms with Gasteiger partial charge in [-0.1, -0.05) is 12.1 Å². The molecule has 0 saturated heterocycles. The first-order chi connectivity index (χ1) is 12.3. The molecular weight excluding hydrogens is 355 g/mol. The third-order valence-electron chi connectivity index (χ3n) is 3.75. The normalized spacial score (nSPS) is 11.8. The molecule has 1 heterocycles. The molecule has 0 spiro atoms. The Balaban J connectivity index is 1.74. The minimum atomic E-state index is -3.76. The molecule has 5 nitrogen and oxygen atoms in total. The van der Waals surface area contributed by atoms with Gasteiger partial charge in [-0.3, -0.25) is 0 Å². The van der Waals surface area contributed by atoms with Crippen LogP contribution in [-0.4, -0.2) is 14.6 Å². The number of nitrogens with one attached hydrogen (secondary N) is 1. The molecule has 1 aromatic heterocycles. The van der Waals surface area contributed by atoms with Crippen molar-refractivity contribution < 1.29 is 17.2 Å². The van der Waals surface area contributed by atoms with Crippen molar-refractivity contribution in [1.29, 1.82) is 0 Å². The predicted molar refractivity (Wildman–Crippen MR) is 97.9 cm³/mol. The van der Waals surface area contributed by atoms with Crippen LogP contribution in [0.4, 0.5) is 4.39 Å². The fourth-order valence-electron chi connectivity index (χ4n) is 2.40. The van der Waals surface area contributed by atoms with Crippen LogP contribution in [0.1, 0.15) is 16.9 Å². The van der Waals surface area contributed by atoms with Crippen LogP contribution in [0.2, 0.25) is 0 Å². The van der Waals surface area contributed by atoms with E-state index in [2.05, 4.69) is 9.93 Å². The highest BCUT2D eigenvalue weighted by atomic mass is 32.2. The molecule has 134 valence electrons. The Hall–Kier alpha value is -2.93. The van der Waals surface area contributed by atoms with E-state index < -0.39 is 10.0 Å². The molecule has 0 aliphatic carbocycles. The van der Waals surface area contributed by atoms with Crippen molar-refractivity contribution in [3.8, 4) is 11.3 Å². The van der Waals surface area contributed by atoms with E-state index in [1.54, 1.807) is 43.3 Å². The van der Waals surface area contributed by atoms with Crippen LogP contribution in [0, 0.1) is 19.7 Å². The Labute approximate surface area is 151 Å². The van der Waals surface area contributed by atoms with Crippen molar-refractivity contribution in [3.05, 3.63) is 77.3 Å². The third kappa shape index (κ3) is 4.00. The van der Waals surface area contributed by atoms with Gasteiger partial charge in [0, 0.05) is 5.56 Å². The molecule has 0 amide bonds. The number of rotatable bonds is 5. The molecule has 0 aliphatic heterocycles. The van der Waals surface area contributed by atoms with Crippen molar-refractivity contribution in [2.45, 2.75) is 18.7 Å². The highest BCUT2D eigenvalue weighted by Gasteiger charge is 2.15. The van der Waals surface area contributed by atoms with Crippen LogP contribution >= 0.6 is 0 Å². The molecule has 1 N–H and O–H groups in total. The molecule has 0 aliphatic rings. The van der Waals surface area contributed by atoms with Crippen molar-refractivity contribution in [3.63, 3.8) is 0 Å². The van der Waals surface area contributed by atoms with E-state index in [9.17, 15) is 12.8 Å². The zero-order valence-corrected chi connectivity index (χ0v) is 15.0. The topological polar surface area (TPSA) is 71.7 Å². The first-order valence-electron chi connectivity index (χ1n) is 7.83. The molecule has 2 aromatic carbocycles. The Bertz CT molecular complexity index is 1050. The van der Waals surface area contributed by atoms with Gasteiger partial charge in [0.05, 0.1) is 11.1 Å².